The molecule has 0 aromatic carbocycles. The van der Waals surface area contributed by atoms with Crippen LogP contribution in [-0.4, -0.2) is 29.2 Å². The Morgan fingerprint density at radius 2 is 2.12 bits per heavy atom. The van der Waals surface area contributed by atoms with Gasteiger partial charge in [0, 0.05) is 13.1 Å². The molecular formula is C11H16N4O. The quantitative estimate of drug-likeness (QED) is 0.799. The summed E-state index contributed by atoms with van der Waals surface area (Å²) in [4.78, 5) is 11.7. The van der Waals surface area contributed by atoms with Crippen molar-refractivity contribution < 1.29 is 4.79 Å². The predicted octanol–water partition coefficient (Wildman–Crippen LogP) is 1.05. The molecule has 1 aromatic heterocycles. The summed E-state index contributed by atoms with van der Waals surface area (Å²) < 4.78 is 0. The van der Waals surface area contributed by atoms with E-state index in [9.17, 15) is 4.79 Å². The number of rotatable bonds is 3. The van der Waals surface area contributed by atoms with Gasteiger partial charge in [-0.2, -0.15) is 0 Å². The van der Waals surface area contributed by atoms with Crippen molar-refractivity contribution in [1.29, 1.82) is 0 Å². The average molecular weight is 220 g/mol. The predicted molar refractivity (Wildman–Crippen MR) is 61.2 cm³/mol. The Morgan fingerprint density at radius 3 is 2.56 bits per heavy atom. The number of carbonyl (C=O) groups is 1. The number of nitrogens with zero attached hydrogens (tertiary/aromatic N) is 2. The van der Waals surface area contributed by atoms with Crippen molar-refractivity contribution in [3.8, 4) is 0 Å². The molecule has 1 aliphatic rings. The van der Waals surface area contributed by atoms with E-state index in [2.05, 4.69) is 34.7 Å². The van der Waals surface area contributed by atoms with Gasteiger partial charge in [0.05, 0.1) is 0 Å². The van der Waals surface area contributed by atoms with Crippen molar-refractivity contribution in [3.63, 3.8) is 0 Å². The monoisotopic (exact) mass is 220 g/mol. The summed E-state index contributed by atoms with van der Waals surface area (Å²) in [5.41, 5.74) is 0.593. The molecule has 1 heterocycles. The summed E-state index contributed by atoms with van der Waals surface area (Å²) in [6.07, 6.45) is 1.03. The molecule has 86 valence electrons. The second kappa shape index (κ2) is 3.73. The van der Waals surface area contributed by atoms with Gasteiger partial charge in [-0.25, -0.2) is 0 Å². The van der Waals surface area contributed by atoms with Gasteiger partial charge in [-0.3, -0.25) is 4.79 Å². The highest BCUT2D eigenvalue weighted by Crippen LogP contribution is 2.44. The first-order valence-electron chi connectivity index (χ1n) is 5.35. The number of carbonyl (C=O) groups excluding carboxylic acids is 1. The van der Waals surface area contributed by atoms with E-state index in [0.717, 1.165) is 6.42 Å². The molecule has 0 radical (unpaired) electrons. The van der Waals surface area contributed by atoms with E-state index in [4.69, 9.17) is 0 Å². The van der Waals surface area contributed by atoms with Gasteiger partial charge in [0.1, 0.15) is 5.82 Å². The summed E-state index contributed by atoms with van der Waals surface area (Å²) in [7, 11) is 1.76. The van der Waals surface area contributed by atoms with Crippen molar-refractivity contribution in [1.82, 2.24) is 15.5 Å². The van der Waals surface area contributed by atoms with Crippen LogP contribution >= 0.6 is 0 Å². The third kappa shape index (κ3) is 2.13. The molecule has 2 N–H and O–H groups in total. The molecule has 0 aliphatic heterocycles. The lowest BCUT2D eigenvalue weighted by atomic mass is 10.2. The maximum atomic E-state index is 11.7. The number of aromatic nitrogens is 2. The first-order valence-corrected chi connectivity index (χ1v) is 5.35. The molecule has 1 aromatic rings. The first-order chi connectivity index (χ1) is 7.53. The molecule has 2 rings (SSSR count). The van der Waals surface area contributed by atoms with Crippen LogP contribution in [0.15, 0.2) is 12.1 Å². The van der Waals surface area contributed by atoms with Crippen molar-refractivity contribution in [2.24, 2.45) is 5.41 Å². The Morgan fingerprint density at radius 1 is 1.44 bits per heavy atom. The van der Waals surface area contributed by atoms with E-state index in [0.29, 0.717) is 11.5 Å². The molecular weight excluding hydrogens is 204 g/mol. The first kappa shape index (κ1) is 10.9. The average Bonchev–Trinajstić information content (AvgIpc) is 2.86. The summed E-state index contributed by atoms with van der Waals surface area (Å²) >= 11 is 0. The lowest BCUT2D eigenvalue weighted by Gasteiger charge is -2.06. The van der Waals surface area contributed by atoms with Gasteiger partial charge in [0.25, 0.3) is 5.91 Å². The van der Waals surface area contributed by atoms with Gasteiger partial charge in [0.2, 0.25) is 0 Å². The van der Waals surface area contributed by atoms with E-state index >= 15 is 0 Å². The Labute approximate surface area is 94.6 Å². The summed E-state index contributed by atoms with van der Waals surface area (Å²) in [5.74, 6) is 0.508. The molecule has 0 spiro atoms. The topological polar surface area (TPSA) is 66.9 Å². The number of anilines is 1. The van der Waals surface area contributed by atoms with Crippen LogP contribution in [0.25, 0.3) is 0 Å². The van der Waals surface area contributed by atoms with Gasteiger partial charge in [-0.1, -0.05) is 13.8 Å². The van der Waals surface area contributed by atoms with Crippen LogP contribution in [-0.2, 0) is 0 Å². The minimum Gasteiger partial charge on any atom is -0.372 e. The normalized spacial score (nSPS) is 21.3. The second-order valence-electron chi connectivity index (χ2n) is 4.77. The molecule has 5 heteroatoms. The minimum atomic E-state index is -0.147. The SMILES string of the molecule is CNc1ccc(C(=O)NC2CC2(C)C)nn1. The van der Waals surface area contributed by atoms with E-state index < -0.39 is 0 Å². The van der Waals surface area contributed by atoms with Crippen molar-refractivity contribution >= 4 is 11.7 Å². The third-order valence-electron chi connectivity index (χ3n) is 2.97. The van der Waals surface area contributed by atoms with Gasteiger partial charge >= 0.3 is 0 Å². The maximum Gasteiger partial charge on any atom is 0.272 e. The largest absolute Gasteiger partial charge is 0.372 e. The van der Waals surface area contributed by atoms with E-state index in [1.807, 2.05) is 0 Å². The molecule has 1 amide bonds. The molecule has 0 saturated heterocycles. The zero-order valence-corrected chi connectivity index (χ0v) is 9.74. The van der Waals surface area contributed by atoms with E-state index in [1.54, 1.807) is 19.2 Å². The zero-order chi connectivity index (χ0) is 11.8. The van der Waals surface area contributed by atoms with Gasteiger partial charge < -0.3 is 10.6 Å². The van der Waals surface area contributed by atoms with Crippen LogP contribution in [0.5, 0.6) is 0 Å². The third-order valence-corrected chi connectivity index (χ3v) is 2.97. The Kier molecular flexibility index (Phi) is 2.53. The zero-order valence-electron chi connectivity index (χ0n) is 9.74. The van der Waals surface area contributed by atoms with Crippen LogP contribution in [0.2, 0.25) is 0 Å². The molecule has 1 unspecified atom stereocenters. The maximum absolute atomic E-state index is 11.7. The van der Waals surface area contributed by atoms with E-state index in [1.165, 1.54) is 0 Å². The fourth-order valence-corrected chi connectivity index (χ4v) is 1.53. The molecule has 1 atom stereocenters. The molecule has 16 heavy (non-hydrogen) atoms. The Bertz CT molecular complexity index is 399. The van der Waals surface area contributed by atoms with Gasteiger partial charge in [-0.15, -0.1) is 10.2 Å². The lowest BCUT2D eigenvalue weighted by Crippen LogP contribution is -2.29. The summed E-state index contributed by atoms with van der Waals surface area (Å²) in [6.45, 7) is 4.27. The molecule has 1 fully saturated rings. The lowest BCUT2D eigenvalue weighted by molar-refractivity contribution is 0.0940. The van der Waals surface area contributed by atoms with Crippen molar-refractivity contribution in [2.75, 3.05) is 12.4 Å². The van der Waals surface area contributed by atoms with Crippen LogP contribution < -0.4 is 10.6 Å². The highest BCUT2D eigenvalue weighted by molar-refractivity contribution is 5.92. The van der Waals surface area contributed by atoms with Crippen LogP contribution in [0, 0.1) is 5.41 Å². The number of hydrogen-bond donors (Lipinski definition) is 2. The fraction of sp³-hybridized carbons (Fsp3) is 0.545. The van der Waals surface area contributed by atoms with Crippen molar-refractivity contribution in [2.45, 2.75) is 26.3 Å². The van der Waals surface area contributed by atoms with Crippen LogP contribution in [0.4, 0.5) is 5.82 Å². The number of amides is 1. The molecule has 1 aliphatic carbocycles. The molecule has 5 nitrogen and oxygen atoms in total. The highest BCUT2D eigenvalue weighted by atomic mass is 16.2. The standard InChI is InChI=1S/C11H16N4O/c1-11(2)6-8(11)13-10(16)7-4-5-9(12-3)15-14-7/h4-5,8H,6H2,1-3H3,(H,12,15)(H,13,16). The molecule has 0 bridgehead atoms. The Hall–Kier alpha value is -1.65. The highest BCUT2D eigenvalue weighted by Gasteiger charge is 2.46. The smallest absolute Gasteiger partial charge is 0.272 e. The summed E-state index contributed by atoms with van der Waals surface area (Å²) in [5, 5.41) is 13.5. The van der Waals surface area contributed by atoms with E-state index in [-0.39, 0.29) is 17.4 Å². The minimum absolute atomic E-state index is 0.147. The fourth-order valence-electron chi connectivity index (χ4n) is 1.53. The number of hydrogen-bond acceptors (Lipinski definition) is 4. The van der Waals surface area contributed by atoms with Crippen LogP contribution in [0.1, 0.15) is 30.8 Å². The summed E-state index contributed by atoms with van der Waals surface area (Å²) in [6, 6.07) is 3.68. The molecule has 1 saturated carbocycles. The Balaban J connectivity index is 1.99. The van der Waals surface area contributed by atoms with Gasteiger partial charge in [0.15, 0.2) is 5.69 Å². The van der Waals surface area contributed by atoms with Crippen molar-refractivity contribution in [3.05, 3.63) is 17.8 Å². The number of nitrogens with one attached hydrogen (secondary N) is 2. The van der Waals surface area contributed by atoms with Crippen LogP contribution in [0.3, 0.4) is 0 Å². The second-order valence-corrected chi connectivity index (χ2v) is 4.77. The van der Waals surface area contributed by atoms with Gasteiger partial charge in [-0.05, 0) is 24.0 Å².